The molecular weight excluding hydrogens is 338 g/mol. The highest BCUT2D eigenvalue weighted by Crippen LogP contribution is 2.12. The fourth-order valence-electron chi connectivity index (χ4n) is 2.69. The van der Waals surface area contributed by atoms with Crippen LogP contribution in [-0.2, 0) is 11.3 Å². The van der Waals surface area contributed by atoms with Gasteiger partial charge in [-0.15, -0.1) is 0 Å². The van der Waals surface area contributed by atoms with Crippen molar-refractivity contribution in [3.8, 4) is 0 Å². The van der Waals surface area contributed by atoms with Gasteiger partial charge in [-0.2, -0.15) is 0 Å². The van der Waals surface area contributed by atoms with Gasteiger partial charge in [0.1, 0.15) is 12.3 Å². The fourth-order valence-corrected chi connectivity index (χ4v) is 2.69. The molecule has 0 spiro atoms. The van der Waals surface area contributed by atoms with Gasteiger partial charge in [-0.1, -0.05) is 0 Å². The van der Waals surface area contributed by atoms with E-state index in [4.69, 9.17) is 14.9 Å². The minimum absolute atomic E-state index is 0.125. The second-order valence-electron chi connectivity index (χ2n) is 5.93. The molecule has 9 nitrogen and oxygen atoms in total. The summed E-state index contributed by atoms with van der Waals surface area (Å²) in [7, 11) is 0. The van der Waals surface area contributed by atoms with Gasteiger partial charge < -0.3 is 30.4 Å². The molecule has 1 aliphatic heterocycles. The van der Waals surface area contributed by atoms with Crippen LogP contribution in [0.4, 0.5) is 4.79 Å². The summed E-state index contributed by atoms with van der Waals surface area (Å²) >= 11 is 0. The van der Waals surface area contributed by atoms with Crippen molar-refractivity contribution in [1.29, 1.82) is 0 Å². The van der Waals surface area contributed by atoms with Gasteiger partial charge in [-0.25, -0.2) is 9.79 Å². The zero-order valence-electron chi connectivity index (χ0n) is 15.3. The Hall–Kier alpha value is -2.71. The van der Waals surface area contributed by atoms with E-state index in [1.807, 2.05) is 6.92 Å². The number of carbonyl (C=O) groups is 2. The van der Waals surface area contributed by atoms with E-state index in [2.05, 4.69) is 15.6 Å². The number of rotatable bonds is 6. The van der Waals surface area contributed by atoms with Crippen LogP contribution >= 0.6 is 0 Å². The van der Waals surface area contributed by atoms with Gasteiger partial charge in [0, 0.05) is 25.7 Å². The Balaban J connectivity index is 1.87. The molecule has 1 aromatic heterocycles. The van der Waals surface area contributed by atoms with E-state index in [1.165, 1.54) is 0 Å². The van der Waals surface area contributed by atoms with Crippen LogP contribution < -0.4 is 16.4 Å². The normalized spacial score (nSPS) is 15.6. The van der Waals surface area contributed by atoms with Crippen LogP contribution in [0.1, 0.15) is 43.0 Å². The first kappa shape index (κ1) is 19.6. The summed E-state index contributed by atoms with van der Waals surface area (Å²) in [6.45, 7) is 6.49. The van der Waals surface area contributed by atoms with Crippen molar-refractivity contribution in [3.63, 3.8) is 0 Å². The smallest absolute Gasteiger partial charge is 0.409 e. The van der Waals surface area contributed by atoms with E-state index in [0.717, 1.165) is 19.4 Å². The maximum absolute atomic E-state index is 11.7. The second kappa shape index (κ2) is 9.69. The standard InChI is InChI=1S/C17H27N5O4/c1-3-19-16(20-11-13-5-6-14(26-13)15(18)23)21-12-7-9-22(10-8-12)17(24)25-4-2/h5-6,12H,3-4,7-11H2,1-2H3,(H2,18,23)(H2,19,20,21). The van der Waals surface area contributed by atoms with Crippen LogP contribution in [0, 0.1) is 0 Å². The molecule has 4 N–H and O–H groups in total. The molecule has 9 heteroatoms. The van der Waals surface area contributed by atoms with Crippen molar-refractivity contribution in [3.05, 3.63) is 23.7 Å². The molecule has 1 saturated heterocycles. The number of nitrogens with two attached hydrogens (primary N) is 1. The molecule has 0 unspecified atom stereocenters. The number of likely N-dealkylation sites (tertiary alicyclic amines) is 1. The summed E-state index contributed by atoms with van der Waals surface area (Å²) in [6, 6.07) is 3.44. The largest absolute Gasteiger partial charge is 0.454 e. The molecule has 2 rings (SSSR count). The van der Waals surface area contributed by atoms with Gasteiger partial charge >= 0.3 is 6.09 Å². The summed E-state index contributed by atoms with van der Waals surface area (Å²) < 4.78 is 10.4. The Kier molecular flexibility index (Phi) is 7.31. The maximum atomic E-state index is 11.7. The molecule has 0 aliphatic carbocycles. The summed E-state index contributed by atoms with van der Waals surface area (Å²) in [5.74, 6) is 0.755. The molecule has 0 atom stereocenters. The van der Waals surface area contributed by atoms with E-state index >= 15 is 0 Å². The fraction of sp³-hybridized carbons (Fsp3) is 0.588. The number of hydrogen-bond acceptors (Lipinski definition) is 5. The van der Waals surface area contributed by atoms with E-state index in [-0.39, 0.29) is 17.9 Å². The first-order valence-corrected chi connectivity index (χ1v) is 8.88. The molecule has 0 radical (unpaired) electrons. The van der Waals surface area contributed by atoms with Crippen LogP contribution in [0.15, 0.2) is 21.5 Å². The predicted molar refractivity (Wildman–Crippen MR) is 96.8 cm³/mol. The Labute approximate surface area is 152 Å². The highest BCUT2D eigenvalue weighted by atomic mass is 16.6. The van der Waals surface area contributed by atoms with Crippen molar-refractivity contribution < 1.29 is 18.7 Å². The van der Waals surface area contributed by atoms with E-state index < -0.39 is 5.91 Å². The van der Waals surface area contributed by atoms with Gasteiger partial charge in [0.15, 0.2) is 11.7 Å². The highest BCUT2D eigenvalue weighted by molar-refractivity contribution is 5.89. The van der Waals surface area contributed by atoms with E-state index in [0.29, 0.717) is 38.0 Å². The number of nitrogens with zero attached hydrogens (tertiary/aromatic N) is 2. The Morgan fingerprint density at radius 3 is 2.65 bits per heavy atom. The lowest BCUT2D eigenvalue weighted by Gasteiger charge is -2.32. The summed E-state index contributed by atoms with van der Waals surface area (Å²) in [4.78, 5) is 29.0. The molecule has 0 bridgehead atoms. The molecule has 144 valence electrons. The lowest BCUT2D eigenvalue weighted by molar-refractivity contribution is 0.0959. The molecule has 2 amide bonds. The van der Waals surface area contributed by atoms with Gasteiger partial charge in [-0.3, -0.25) is 4.79 Å². The van der Waals surface area contributed by atoms with Crippen LogP contribution in [0.5, 0.6) is 0 Å². The number of guanidine groups is 1. The van der Waals surface area contributed by atoms with Crippen LogP contribution in [0.3, 0.4) is 0 Å². The topological polar surface area (TPSA) is 122 Å². The number of amides is 2. The molecule has 1 fully saturated rings. The first-order valence-electron chi connectivity index (χ1n) is 8.88. The van der Waals surface area contributed by atoms with Crippen LogP contribution in [0.2, 0.25) is 0 Å². The minimum Gasteiger partial charge on any atom is -0.454 e. The average Bonchev–Trinajstić information content (AvgIpc) is 3.10. The zero-order chi connectivity index (χ0) is 18.9. The molecular formula is C17H27N5O4. The third-order valence-corrected chi connectivity index (χ3v) is 4.00. The molecule has 0 saturated carbocycles. The van der Waals surface area contributed by atoms with Crippen LogP contribution in [0.25, 0.3) is 0 Å². The summed E-state index contributed by atoms with van der Waals surface area (Å²) in [5, 5.41) is 6.56. The lowest BCUT2D eigenvalue weighted by Crippen LogP contribution is -2.49. The van der Waals surface area contributed by atoms with Crippen molar-refractivity contribution in [2.24, 2.45) is 10.7 Å². The minimum atomic E-state index is -0.598. The number of piperidine rings is 1. The quantitative estimate of drug-likeness (QED) is 0.512. The van der Waals surface area contributed by atoms with Crippen molar-refractivity contribution in [2.45, 2.75) is 39.3 Å². The number of hydrogen-bond donors (Lipinski definition) is 3. The monoisotopic (exact) mass is 365 g/mol. The van der Waals surface area contributed by atoms with Gasteiger partial charge in [-0.05, 0) is 38.8 Å². The zero-order valence-corrected chi connectivity index (χ0v) is 15.3. The second-order valence-corrected chi connectivity index (χ2v) is 5.93. The van der Waals surface area contributed by atoms with Crippen molar-refractivity contribution in [1.82, 2.24) is 15.5 Å². The van der Waals surface area contributed by atoms with Gasteiger partial charge in [0.05, 0.1) is 6.61 Å². The molecule has 26 heavy (non-hydrogen) atoms. The Bertz CT molecular complexity index is 635. The van der Waals surface area contributed by atoms with Crippen molar-refractivity contribution >= 4 is 18.0 Å². The van der Waals surface area contributed by atoms with E-state index in [9.17, 15) is 9.59 Å². The van der Waals surface area contributed by atoms with Crippen LogP contribution in [-0.4, -0.2) is 55.1 Å². The molecule has 0 aromatic carbocycles. The van der Waals surface area contributed by atoms with Gasteiger partial charge in [0.25, 0.3) is 5.91 Å². The number of furan rings is 1. The molecule has 2 heterocycles. The average molecular weight is 365 g/mol. The van der Waals surface area contributed by atoms with Gasteiger partial charge in [0.2, 0.25) is 0 Å². The maximum Gasteiger partial charge on any atom is 0.409 e. The van der Waals surface area contributed by atoms with Crippen molar-refractivity contribution in [2.75, 3.05) is 26.2 Å². The number of aliphatic imine (C=N–C) groups is 1. The number of ether oxygens (including phenoxy) is 1. The first-order chi connectivity index (χ1) is 12.5. The molecule has 1 aliphatic rings. The third-order valence-electron chi connectivity index (χ3n) is 4.00. The summed E-state index contributed by atoms with van der Waals surface area (Å²) in [5.41, 5.74) is 5.18. The summed E-state index contributed by atoms with van der Waals surface area (Å²) in [6.07, 6.45) is 1.38. The molecule has 1 aromatic rings. The number of carbonyl (C=O) groups excluding carboxylic acids is 2. The predicted octanol–water partition coefficient (Wildman–Crippen LogP) is 1.05. The Morgan fingerprint density at radius 1 is 1.35 bits per heavy atom. The number of nitrogens with one attached hydrogen (secondary N) is 2. The SMILES string of the molecule is CCNC(=NCc1ccc(C(N)=O)o1)NC1CCN(C(=O)OCC)CC1. The number of primary amides is 1. The van der Waals surface area contributed by atoms with E-state index in [1.54, 1.807) is 24.0 Å². The lowest BCUT2D eigenvalue weighted by atomic mass is 10.1. The highest BCUT2D eigenvalue weighted by Gasteiger charge is 2.24. The third kappa shape index (κ3) is 5.68. The Morgan fingerprint density at radius 2 is 2.08 bits per heavy atom.